The van der Waals surface area contributed by atoms with Crippen molar-refractivity contribution in [1.82, 2.24) is 0 Å². The maximum Gasteiger partial charge on any atom is 0.166 e. The van der Waals surface area contributed by atoms with Gasteiger partial charge in [-0.1, -0.05) is 18.2 Å². The summed E-state index contributed by atoms with van der Waals surface area (Å²) in [5.41, 5.74) is 6.45. The summed E-state index contributed by atoms with van der Waals surface area (Å²) in [7, 11) is 0. The zero-order valence-electron chi connectivity index (χ0n) is 8.78. The molecule has 0 unspecified atom stereocenters. The van der Waals surface area contributed by atoms with Crippen molar-refractivity contribution < 1.29 is 13.6 Å². The van der Waals surface area contributed by atoms with E-state index < -0.39 is 11.6 Å². The molecule has 0 fully saturated rings. The Labute approximate surface area is 96.7 Å². The van der Waals surface area contributed by atoms with Crippen LogP contribution >= 0.6 is 0 Å². The lowest BCUT2D eigenvalue weighted by Crippen LogP contribution is -1.94. The molecule has 2 rings (SSSR count). The lowest BCUT2D eigenvalue weighted by atomic mass is 10.0. The molecule has 0 saturated carbocycles. The largest absolute Gasteiger partial charge is 0.399 e. The van der Waals surface area contributed by atoms with E-state index in [4.69, 9.17) is 5.73 Å². The van der Waals surface area contributed by atoms with Crippen LogP contribution in [0.25, 0.3) is 11.1 Å². The first-order valence-corrected chi connectivity index (χ1v) is 4.92. The highest BCUT2D eigenvalue weighted by Gasteiger charge is 2.11. The monoisotopic (exact) mass is 233 g/mol. The predicted octanol–water partition coefficient (Wildman–Crippen LogP) is 3.03. The molecule has 0 spiro atoms. The minimum Gasteiger partial charge on any atom is -0.399 e. The van der Waals surface area contributed by atoms with Gasteiger partial charge >= 0.3 is 0 Å². The second-order valence-electron chi connectivity index (χ2n) is 3.61. The Kier molecular flexibility index (Phi) is 2.87. The summed E-state index contributed by atoms with van der Waals surface area (Å²) in [4.78, 5) is 10.6. The van der Waals surface area contributed by atoms with Crippen molar-refractivity contribution in [2.24, 2.45) is 0 Å². The average Bonchev–Trinajstić information content (AvgIpc) is 2.34. The molecular weight excluding hydrogens is 224 g/mol. The van der Waals surface area contributed by atoms with Gasteiger partial charge in [0, 0.05) is 16.8 Å². The molecular formula is C13H9F2NO. The highest BCUT2D eigenvalue weighted by Crippen LogP contribution is 2.27. The Morgan fingerprint density at radius 2 is 1.88 bits per heavy atom. The van der Waals surface area contributed by atoms with E-state index in [1.54, 1.807) is 18.2 Å². The summed E-state index contributed by atoms with van der Waals surface area (Å²) >= 11 is 0. The van der Waals surface area contributed by atoms with Crippen molar-refractivity contribution in [2.45, 2.75) is 0 Å². The lowest BCUT2D eigenvalue weighted by molar-refractivity contribution is 0.112. The Morgan fingerprint density at radius 1 is 1.12 bits per heavy atom. The second kappa shape index (κ2) is 4.33. The highest BCUT2D eigenvalue weighted by molar-refractivity contribution is 5.79. The maximum absolute atomic E-state index is 13.6. The first kappa shape index (κ1) is 11.3. The van der Waals surface area contributed by atoms with Crippen LogP contribution in [0.1, 0.15) is 10.4 Å². The highest BCUT2D eigenvalue weighted by atomic mass is 19.2. The number of anilines is 1. The number of nitrogen functional groups attached to an aromatic ring is 1. The number of carbonyl (C=O) groups excluding carboxylic acids is 1. The van der Waals surface area contributed by atoms with Crippen molar-refractivity contribution in [3.63, 3.8) is 0 Å². The molecule has 0 bridgehead atoms. The molecule has 0 aliphatic carbocycles. The van der Waals surface area contributed by atoms with Crippen LogP contribution in [0, 0.1) is 11.6 Å². The zero-order chi connectivity index (χ0) is 12.4. The minimum atomic E-state index is -1.00. The number of hydrogen-bond donors (Lipinski definition) is 1. The number of carbonyl (C=O) groups is 1. The Bertz CT molecular complexity index is 582. The SMILES string of the molecule is Nc1cc(F)c(F)c(-c2cccc(C=O)c2)c1. The summed E-state index contributed by atoms with van der Waals surface area (Å²) in [6, 6.07) is 8.50. The van der Waals surface area contributed by atoms with Gasteiger partial charge in [0.25, 0.3) is 0 Å². The predicted molar refractivity (Wildman–Crippen MR) is 61.6 cm³/mol. The fraction of sp³-hybridized carbons (Fsp3) is 0. The summed E-state index contributed by atoms with van der Waals surface area (Å²) in [6.07, 6.45) is 0.643. The van der Waals surface area contributed by atoms with E-state index in [2.05, 4.69) is 0 Å². The van der Waals surface area contributed by atoms with Gasteiger partial charge in [-0.15, -0.1) is 0 Å². The summed E-state index contributed by atoms with van der Waals surface area (Å²) in [5.74, 6) is -1.97. The van der Waals surface area contributed by atoms with Gasteiger partial charge in [0.2, 0.25) is 0 Å². The summed E-state index contributed by atoms with van der Waals surface area (Å²) in [6.45, 7) is 0. The molecule has 0 saturated heterocycles. The van der Waals surface area contributed by atoms with E-state index in [9.17, 15) is 13.6 Å². The van der Waals surface area contributed by atoms with Crippen molar-refractivity contribution in [1.29, 1.82) is 0 Å². The summed E-state index contributed by atoms with van der Waals surface area (Å²) in [5, 5.41) is 0. The molecule has 4 heteroatoms. The van der Waals surface area contributed by atoms with E-state index in [1.165, 1.54) is 12.1 Å². The van der Waals surface area contributed by atoms with Gasteiger partial charge < -0.3 is 5.73 Å². The Hall–Kier alpha value is -2.23. The second-order valence-corrected chi connectivity index (χ2v) is 3.61. The molecule has 0 radical (unpaired) electrons. The van der Waals surface area contributed by atoms with Crippen LogP contribution in [0.5, 0.6) is 0 Å². The van der Waals surface area contributed by atoms with Gasteiger partial charge in [0.05, 0.1) is 0 Å². The van der Waals surface area contributed by atoms with E-state index >= 15 is 0 Å². The van der Waals surface area contributed by atoms with Crippen LogP contribution in [-0.2, 0) is 0 Å². The third-order valence-electron chi connectivity index (χ3n) is 2.38. The normalized spacial score (nSPS) is 10.2. The molecule has 2 aromatic carbocycles. The topological polar surface area (TPSA) is 43.1 Å². The molecule has 0 aliphatic heterocycles. The van der Waals surface area contributed by atoms with Crippen LogP contribution in [0.3, 0.4) is 0 Å². The quantitative estimate of drug-likeness (QED) is 0.640. The molecule has 0 aromatic heterocycles. The fourth-order valence-electron chi connectivity index (χ4n) is 1.60. The number of aldehydes is 1. The van der Waals surface area contributed by atoms with Gasteiger partial charge in [-0.2, -0.15) is 0 Å². The van der Waals surface area contributed by atoms with Crippen LogP contribution in [0.15, 0.2) is 36.4 Å². The number of hydrogen-bond acceptors (Lipinski definition) is 2. The van der Waals surface area contributed by atoms with Crippen LogP contribution in [0.4, 0.5) is 14.5 Å². The smallest absolute Gasteiger partial charge is 0.166 e. The Balaban J connectivity index is 2.63. The van der Waals surface area contributed by atoms with Crippen molar-refractivity contribution in [2.75, 3.05) is 5.73 Å². The molecule has 0 heterocycles. The lowest BCUT2D eigenvalue weighted by Gasteiger charge is -2.06. The van der Waals surface area contributed by atoms with E-state index in [-0.39, 0.29) is 11.3 Å². The first-order chi connectivity index (χ1) is 8.11. The van der Waals surface area contributed by atoms with Gasteiger partial charge in [0.1, 0.15) is 6.29 Å². The molecule has 2 nitrogen and oxygen atoms in total. The molecule has 86 valence electrons. The van der Waals surface area contributed by atoms with Crippen LogP contribution in [-0.4, -0.2) is 6.29 Å². The van der Waals surface area contributed by atoms with E-state index in [0.717, 1.165) is 6.07 Å². The molecule has 17 heavy (non-hydrogen) atoms. The van der Waals surface area contributed by atoms with Crippen LogP contribution in [0.2, 0.25) is 0 Å². The number of rotatable bonds is 2. The number of halogens is 2. The van der Waals surface area contributed by atoms with Crippen molar-refractivity contribution in [3.8, 4) is 11.1 Å². The Morgan fingerprint density at radius 3 is 2.59 bits per heavy atom. The van der Waals surface area contributed by atoms with Gasteiger partial charge in [0.15, 0.2) is 11.6 Å². The zero-order valence-corrected chi connectivity index (χ0v) is 8.78. The number of benzene rings is 2. The molecule has 0 atom stereocenters. The minimum absolute atomic E-state index is 0.0474. The maximum atomic E-state index is 13.6. The van der Waals surface area contributed by atoms with Gasteiger partial charge in [-0.25, -0.2) is 8.78 Å². The fourth-order valence-corrected chi connectivity index (χ4v) is 1.60. The van der Waals surface area contributed by atoms with E-state index in [1.807, 2.05) is 0 Å². The third-order valence-corrected chi connectivity index (χ3v) is 2.38. The standard InChI is InChI=1S/C13H9F2NO/c14-12-6-10(16)5-11(13(12)15)9-3-1-2-8(4-9)7-17/h1-7H,16H2. The molecule has 0 amide bonds. The van der Waals surface area contributed by atoms with Crippen molar-refractivity contribution in [3.05, 3.63) is 53.6 Å². The molecule has 2 aromatic rings. The average molecular weight is 233 g/mol. The van der Waals surface area contributed by atoms with E-state index in [0.29, 0.717) is 17.4 Å². The third kappa shape index (κ3) is 2.15. The summed E-state index contributed by atoms with van der Waals surface area (Å²) < 4.78 is 26.8. The first-order valence-electron chi connectivity index (χ1n) is 4.92. The van der Waals surface area contributed by atoms with Crippen molar-refractivity contribution >= 4 is 12.0 Å². The van der Waals surface area contributed by atoms with Crippen LogP contribution < -0.4 is 5.73 Å². The molecule has 0 aliphatic rings. The van der Waals surface area contributed by atoms with Gasteiger partial charge in [-0.05, 0) is 23.8 Å². The number of nitrogens with two attached hydrogens (primary N) is 1. The molecule has 2 N–H and O–H groups in total. The van der Waals surface area contributed by atoms with Gasteiger partial charge in [-0.3, -0.25) is 4.79 Å².